The third-order valence-corrected chi connectivity index (χ3v) is 6.98. The summed E-state index contributed by atoms with van der Waals surface area (Å²) < 4.78 is 11.2. The number of hydrogen-bond donors (Lipinski definition) is 3. The van der Waals surface area contributed by atoms with Crippen LogP contribution in [0.3, 0.4) is 0 Å². The van der Waals surface area contributed by atoms with Crippen molar-refractivity contribution >= 4 is 17.0 Å². The zero-order chi connectivity index (χ0) is 21.6. The van der Waals surface area contributed by atoms with E-state index < -0.39 is 30.6 Å². The van der Waals surface area contributed by atoms with E-state index in [1.165, 1.54) is 95.2 Å². The Morgan fingerprint density at radius 1 is 0.800 bits per heavy atom. The maximum Gasteiger partial charge on any atom is 0.249 e. The van der Waals surface area contributed by atoms with E-state index in [-0.39, 0.29) is 6.61 Å². The maximum absolute atomic E-state index is 10.1. The SMILES string of the molecule is CCCCCCCCCCCCCCCCSC1=N[C@H]2O[C@H](CO)[C@@H](O)[C@H](O)[C@H]2O1. The fraction of sp³-hybridized carbons (Fsp3) is 0.957. The summed E-state index contributed by atoms with van der Waals surface area (Å²) in [6, 6.07) is 0. The second kappa shape index (κ2) is 15.5. The van der Waals surface area contributed by atoms with Gasteiger partial charge in [-0.05, 0) is 6.42 Å². The van der Waals surface area contributed by atoms with E-state index in [2.05, 4.69) is 11.9 Å². The van der Waals surface area contributed by atoms with Crippen molar-refractivity contribution in [1.29, 1.82) is 0 Å². The smallest absolute Gasteiger partial charge is 0.249 e. The fourth-order valence-corrected chi connectivity index (χ4v) is 4.96. The zero-order valence-corrected chi connectivity index (χ0v) is 19.5. The Morgan fingerprint density at radius 3 is 1.87 bits per heavy atom. The van der Waals surface area contributed by atoms with E-state index in [1.54, 1.807) is 0 Å². The van der Waals surface area contributed by atoms with Gasteiger partial charge in [0.05, 0.1) is 6.61 Å². The molecule has 2 heterocycles. The molecule has 2 aliphatic heterocycles. The van der Waals surface area contributed by atoms with Crippen molar-refractivity contribution < 1.29 is 24.8 Å². The molecule has 0 aromatic carbocycles. The van der Waals surface area contributed by atoms with Gasteiger partial charge in [-0.2, -0.15) is 0 Å². The number of fused-ring (bicyclic) bond motifs is 1. The van der Waals surface area contributed by atoms with Gasteiger partial charge in [0.2, 0.25) is 5.23 Å². The standard InChI is InChI=1S/C23H43NO5S/c1-2-3-4-5-6-7-8-9-10-11-12-13-14-15-16-30-23-24-22-21(29-23)20(27)19(26)18(17-25)28-22/h18-22,25-27H,2-17H2,1H3/t18-,19-,20+,21-,22+/m1/s1. The molecule has 6 nitrogen and oxygen atoms in total. The number of thioether (sulfide) groups is 1. The topological polar surface area (TPSA) is 91.5 Å². The molecule has 0 unspecified atom stereocenters. The average Bonchev–Trinajstić information content (AvgIpc) is 3.16. The molecular weight excluding hydrogens is 402 g/mol. The minimum Gasteiger partial charge on any atom is -0.462 e. The first-order chi connectivity index (χ1) is 14.7. The molecule has 0 spiro atoms. The number of aliphatic hydroxyl groups excluding tert-OH is 3. The first-order valence-electron chi connectivity index (χ1n) is 12.2. The molecule has 2 aliphatic rings. The Labute approximate surface area is 186 Å². The average molecular weight is 446 g/mol. The molecule has 7 heteroatoms. The highest BCUT2D eigenvalue weighted by molar-refractivity contribution is 8.13. The van der Waals surface area contributed by atoms with Crippen LogP contribution >= 0.6 is 11.8 Å². The molecular formula is C23H43NO5S. The number of hydrogen-bond acceptors (Lipinski definition) is 7. The van der Waals surface area contributed by atoms with Crippen molar-refractivity contribution in [3.63, 3.8) is 0 Å². The van der Waals surface area contributed by atoms with Crippen LogP contribution in [0.15, 0.2) is 4.99 Å². The summed E-state index contributed by atoms with van der Waals surface area (Å²) in [4.78, 5) is 4.35. The second-order valence-electron chi connectivity index (χ2n) is 8.65. The van der Waals surface area contributed by atoms with E-state index >= 15 is 0 Å². The monoisotopic (exact) mass is 445 g/mol. The Bertz CT molecular complexity index is 479. The van der Waals surface area contributed by atoms with Gasteiger partial charge in [0.1, 0.15) is 18.3 Å². The minimum absolute atomic E-state index is 0.349. The second-order valence-corrected chi connectivity index (χ2v) is 9.70. The van der Waals surface area contributed by atoms with E-state index in [4.69, 9.17) is 9.47 Å². The molecule has 0 saturated carbocycles. The number of rotatable bonds is 16. The molecule has 0 bridgehead atoms. The van der Waals surface area contributed by atoms with Crippen LogP contribution in [0.2, 0.25) is 0 Å². The molecule has 5 atom stereocenters. The normalized spacial score (nSPS) is 28.3. The molecule has 0 radical (unpaired) electrons. The van der Waals surface area contributed by atoms with Crippen molar-refractivity contribution in [1.82, 2.24) is 0 Å². The van der Waals surface area contributed by atoms with Gasteiger partial charge in [0.25, 0.3) is 0 Å². The Kier molecular flexibility index (Phi) is 13.4. The van der Waals surface area contributed by atoms with Gasteiger partial charge in [0, 0.05) is 5.75 Å². The lowest BCUT2D eigenvalue weighted by Gasteiger charge is -2.36. The summed E-state index contributed by atoms with van der Waals surface area (Å²) in [5, 5.41) is 29.8. The van der Waals surface area contributed by atoms with Crippen LogP contribution < -0.4 is 0 Å². The predicted octanol–water partition coefficient (Wildman–Crippen LogP) is 4.39. The molecule has 1 fully saturated rings. The third kappa shape index (κ3) is 9.03. The molecule has 0 aliphatic carbocycles. The van der Waals surface area contributed by atoms with E-state index in [0.29, 0.717) is 5.23 Å². The van der Waals surface area contributed by atoms with Gasteiger partial charge in [0.15, 0.2) is 12.3 Å². The molecule has 0 aromatic heterocycles. The first kappa shape index (κ1) is 25.9. The lowest BCUT2D eigenvalue weighted by molar-refractivity contribution is -0.213. The van der Waals surface area contributed by atoms with Crippen molar-refractivity contribution in [2.24, 2.45) is 4.99 Å². The Morgan fingerprint density at radius 2 is 1.33 bits per heavy atom. The number of ether oxygens (including phenoxy) is 2. The summed E-state index contributed by atoms with van der Waals surface area (Å²) in [7, 11) is 0. The zero-order valence-electron chi connectivity index (χ0n) is 18.7. The van der Waals surface area contributed by atoms with Crippen molar-refractivity contribution in [3.05, 3.63) is 0 Å². The van der Waals surface area contributed by atoms with Crippen LogP contribution in [0.25, 0.3) is 0 Å². The molecule has 1 saturated heterocycles. The summed E-state index contributed by atoms with van der Waals surface area (Å²) in [6.45, 7) is 1.92. The van der Waals surface area contributed by atoms with Crippen LogP contribution in [-0.2, 0) is 9.47 Å². The predicted molar refractivity (Wildman–Crippen MR) is 123 cm³/mol. The van der Waals surface area contributed by atoms with Crippen LogP contribution in [0.5, 0.6) is 0 Å². The van der Waals surface area contributed by atoms with Crippen LogP contribution in [-0.4, -0.2) is 63.6 Å². The molecule has 3 N–H and O–H groups in total. The van der Waals surface area contributed by atoms with Crippen LogP contribution in [0, 0.1) is 0 Å². The highest BCUT2D eigenvalue weighted by atomic mass is 32.2. The number of aliphatic imine (C=N–C) groups is 1. The largest absolute Gasteiger partial charge is 0.462 e. The lowest BCUT2D eigenvalue weighted by Crippen LogP contribution is -2.57. The van der Waals surface area contributed by atoms with E-state index in [1.807, 2.05) is 0 Å². The fourth-order valence-electron chi connectivity index (χ4n) is 4.08. The molecule has 2 rings (SSSR count). The summed E-state index contributed by atoms with van der Waals surface area (Å²) >= 11 is 1.54. The minimum atomic E-state index is -1.15. The first-order valence-corrected chi connectivity index (χ1v) is 13.2. The summed E-state index contributed by atoms with van der Waals surface area (Å²) in [5.41, 5.74) is 0. The maximum atomic E-state index is 10.1. The lowest BCUT2D eigenvalue weighted by atomic mass is 9.99. The molecule has 0 amide bonds. The van der Waals surface area contributed by atoms with Gasteiger partial charge >= 0.3 is 0 Å². The molecule has 30 heavy (non-hydrogen) atoms. The van der Waals surface area contributed by atoms with Crippen LogP contribution in [0.1, 0.15) is 96.8 Å². The van der Waals surface area contributed by atoms with Crippen molar-refractivity contribution in [3.8, 4) is 0 Å². The number of nitrogens with zero attached hydrogens (tertiary/aromatic N) is 1. The highest BCUT2D eigenvalue weighted by Crippen LogP contribution is 2.31. The summed E-state index contributed by atoms with van der Waals surface area (Å²) in [6.07, 6.45) is 14.5. The van der Waals surface area contributed by atoms with Gasteiger partial charge in [-0.3, -0.25) is 0 Å². The number of unbranched alkanes of at least 4 members (excludes halogenated alkanes) is 13. The third-order valence-electron chi connectivity index (χ3n) is 6.04. The summed E-state index contributed by atoms with van der Waals surface area (Å²) in [5.74, 6) is 0.929. The highest BCUT2D eigenvalue weighted by Gasteiger charge is 2.49. The molecule has 176 valence electrons. The van der Waals surface area contributed by atoms with Crippen molar-refractivity contribution in [2.75, 3.05) is 12.4 Å². The van der Waals surface area contributed by atoms with Crippen molar-refractivity contribution in [2.45, 2.75) is 127 Å². The Balaban J connectivity index is 1.40. The molecule has 0 aromatic rings. The van der Waals surface area contributed by atoms with E-state index in [0.717, 1.165) is 12.2 Å². The number of aliphatic hydroxyl groups is 3. The van der Waals surface area contributed by atoms with Gasteiger partial charge in [-0.25, -0.2) is 4.99 Å². The van der Waals surface area contributed by atoms with Crippen LogP contribution in [0.4, 0.5) is 0 Å². The van der Waals surface area contributed by atoms with E-state index in [9.17, 15) is 15.3 Å². The Hall–Kier alpha value is -0.340. The quantitative estimate of drug-likeness (QED) is 0.305. The van der Waals surface area contributed by atoms with Gasteiger partial charge in [-0.15, -0.1) is 0 Å². The van der Waals surface area contributed by atoms with Gasteiger partial charge in [-0.1, -0.05) is 102 Å². The van der Waals surface area contributed by atoms with Gasteiger partial charge < -0.3 is 24.8 Å².